The van der Waals surface area contributed by atoms with Crippen LogP contribution in [0, 0.1) is 11.3 Å². The Morgan fingerprint density at radius 3 is 2.46 bits per heavy atom. The van der Waals surface area contributed by atoms with Crippen molar-refractivity contribution >= 4 is 28.4 Å². The number of rotatable bonds is 4. The minimum absolute atomic E-state index is 0.287. The van der Waals surface area contributed by atoms with Crippen LogP contribution in [-0.4, -0.2) is 11.0 Å². The molecule has 1 heterocycles. The highest BCUT2D eigenvalue weighted by atomic mass is 32.2. The smallest absolute Gasteiger partial charge is 0.283 e. The van der Waals surface area contributed by atoms with Crippen LogP contribution in [0.3, 0.4) is 0 Å². The number of hydrazone groups is 1. The van der Waals surface area contributed by atoms with Crippen molar-refractivity contribution < 1.29 is 4.79 Å². The van der Waals surface area contributed by atoms with Gasteiger partial charge in [0, 0.05) is 6.42 Å². The number of thioether (sulfide) groups is 1. The van der Waals surface area contributed by atoms with E-state index in [0.29, 0.717) is 17.0 Å². The van der Waals surface area contributed by atoms with Gasteiger partial charge in [0.2, 0.25) is 0 Å². The molecule has 2 N–H and O–H groups in total. The summed E-state index contributed by atoms with van der Waals surface area (Å²) in [6, 6.07) is 21.2. The van der Waals surface area contributed by atoms with Gasteiger partial charge in [-0.05, 0) is 29.5 Å². The van der Waals surface area contributed by atoms with Crippen LogP contribution in [0.4, 0.5) is 5.69 Å². The second-order valence-corrected chi connectivity index (χ2v) is 6.03. The Labute approximate surface area is 144 Å². The zero-order valence-electron chi connectivity index (χ0n) is 12.7. The first-order chi connectivity index (χ1) is 11.8. The molecule has 0 atom stereocenters. The Kier molecular flexibility index (Phi) is 4.94. The second-order valence-electron chi connectivity index (χ2n) is 5.03. The molecule has 0 unspecified atom stereocenters. The van der Waals surface area contributed by atoms with Gasteiger partial charge in [0.05, 0.1) is 22.4 Å². The van der Waals surface area contributed by atoms with Gasteiger partial charge in [-0.25, -0.2) is 0 Å². The Bertz CT molecular complexity index is 838. The van der Waals surface area contributed by atoms with Crippen LogP contribution in [-0.2, 0) is 11.2 Å². The van der Waals surface area contributed by atoms with E-state index in [1.54, 1.807) is 0 Å². The zero-order valence-corrected chi connectivity index (χ0v) is 13.5. The number of benzene rings is 2. The lowest BCUT2D eigenvalue weighted by atomic mass is 10.1. The zero-order chi connectivity index (χ0) is 16.8. The molecule has 6 heteroatoms. The number of nitriles is 1. The lowest BCUT2D eigenvalue weighted by Crippen LogP contribution is -2.19. The summed E-state index contributed by atoms with van der Waals surface area (Å²) in [5.41, 5.74) is 5.17. The summed E-state index contributed by atoms with van der Waals surface area (Å²) in [4.78, 5) is 12.0. The Morgan fingerprint density at radius 2 is 1.79 bits per heavy atom. The molecule has 0 aromatic heterocycles. The Balaban J connectivity index is 1.76. The minimum atomic E-state index is -0.306. The number of hydrogen-bond donors (Lipinski definition) is 2. The first kappa shape index (κ1) is 15.8. The molecular formula is C18H14N4OS. The van der Waals surface area contributed by atoms with E-state index in [2.05, 4.69) is 21.9 Å². The molecular weight excluding hydrogens is 320 g/mol. The number of hydrogen-bond acceptors (Lipinski definition) is 5. The third-order valence-electron chi connectivity index (χ3n) is 3.31. The molecule has 3 rings (SSSR count). The number of carbonyl (C=O) groups excluding carboxylic acids is 1. The quantitative estimate of drug-likeness (QED) is 0.664. The number of para-hydroxylation sites is 1. The monoisotopic (exact) mass is 334 g/mol. The molecule has 1 saturated heterocycles. The molecule has 1 fully saturated rings. The maximum absolute atomic E-state index is 12.0. The van der Waals surface area contributed by atoms with Crippen molar-refractivity contribution in [3.63, 3.8) is 0 Å². The van der Waals surface area contributed by atoms with Crippen molar-refractivity contribution in [2.45, 2.75) is 6.42 Å². The first-order valence-corrected chi connectivity index (χ1v) is 8.13. The van der Waals surface area contributed by atoms with Crippen molar-refractivity contribution in [3.8, 4) is 6.07 Å². The van der Waals surface area contributed by atoms with Gasteiger partial charge in [-0.2, -0.15) is 10.4 Å². The molecule has 2 aromatic carbocycles. The fourth-order valence-corrected chi connectivity index (χ4v) is 2.95. The summed E-state index contributed by atoms with van der Waals surface area (Å²) in [6.45, 7) is 0. The minimum Gasteiger partial charge on any atom is -0.314 e. The largest absolute Gasteiger partial charge is 0.314 e. The van der Waals surface area contributed by atoms with Crippen molar-refractivity contribution in [2.75, 3.05) is 5.43 Å². The molecule has 24 heavy (non-hydrogen) atoms. The fraction of sp³-hybridized carbons (Fsp3) is 0.0556. The fourth-order valence-electron chi connectivity index (χ4n) is 2.13. The predicted octanol–water partition coefficient (Wildman–Crippen LogP) is 3.25. The number of nitrogens with zero attached hydrogens (tertiary/aromatic N) is 2. The number of anilines is 1. The third-order valence-corrected chi connectivity index (χ3v) is 4.34. The van der Waals surface area contributed by atoms with E-state index in [4.69, 9.17) is 0 Å². The molecule has 118 valence electrons. The molecule has 0 radical (unpaired) electrons. The van der Waals surface area contributed by atoms with E-state index in [1.807, 2.05) is 60.7 Å². The standard InChI is InChI=1S/C18H14N4OS/c19-12-14(11-13-7-3-1-4-8-13)17-20-16(23)18(24-17)22-21-15-9-5-2-6-10-15/h1-10,21H,11H2,(H,20,23)/b17-14-,22-18-. The Morgan fingerprint density at radius 1 is 1.12 bits per heavy atom. The van der Waals surface area contributed by atoms with Crippen LogP contribution in [0.15, 0.2) is 76.4 Å². The Hall–Kier alpha value is -3.04. The summed E-state index contributed by atoms with van der Waals surface area (Å²) in [5.74, 6) is -0.306. The topological polar surface area (TPSA) is 77.3 Å². The molecule has 1 aliphatic heterocycles. The van der Waals surface area contributed by atoms with Gasteiger partial charge in [0.25, 0.3) is 5.91 Å². The molecule has 1 aliphatic rings. The highest BCUT2D eigenvalue weighted by Gasteiger charge is 2.27. The molecule has 5 nitrogen and oxygen atoms in total. The van der Waals surface area contributed by atoms with Crippen LogP contribution >= 0.6 is 11.8 Å². The van der Waals surface area contributed by atoms with Crippen molar-refractivity contribution in [2.24, 2.45) is 5.10 Å². The average molecular weight is 334 g/mol. The van der Waals surface area contributed by atoms with Crippen LogP contribution in [0.5, 0.6) is 0 Å². The van der Waals surface area contributed by atoms with Crippen molar-refractivity contribution in [1.82, 2.24) is 5.32 Å². The van der Waals surface area contributed by atoms with Gasteiger partial charge in [0.1, 0.15) is 0 Å². The summed E-state index contributed by atoms with van der Waals surface area (Å²) in [6.07, 6.45) is 0.472. The lowest BCUT2D eigenvalue weighted by Gasteiger charge is -2.02. The van der Waals surface area contributed by atoms with Crippen LogP contribution in [0.1, 0.15) is 5.56 Å². The average Bonchev–Trinajstić information content (AvgIpc) is 3.00. The third kappa shape index (κ3) is 3.83. The maximum atomic E-state index is 12.0. The van der Waals surface area contributed by atoms with E-state index in [1.165, 1.54) is 11.8 Å². The molecule has 1 amide bonds. The van der Waals surface area contributed by atoms with Crippen molar-refractivity contribution in [3.05, 3.63) is 76.8 Å². The van der Waals surface area contributed by atoms with E-state index >= 15 is 0 Å². The first-order valence-electron chi connectivity index (χ1n) is 7.31. The molecule has 2 aromatic rings. The number of amides is 1. The van der Waals surface area contributed by atoms with Gasteiger partial charge in [0.15, 0.2) is 5.04 Å². The lowest BCUT2D eigenvalue weighted by molar-refractivity contribution is -0.113. The highest BCUT2D eigenvalue weighted by Crippen LogP contribution is 2.27. The molecule has 0 saturated carbocycles. The molecule has 0 spiro atoms. The highest BCUT2D eigenvalue weighted by molar-refractivity contribution is 8.19. The van der Waals surface area contributed by atoms with E-state index in [0.717, 1.165) is 11.3 Å². The number of nitrogens with one attached hydrogen (secondary N) is 2. The maximum Gasteiger partial charge on any atom is 0.283 e. The van der Waals surface area contributed by atoms with Gasteiger partial charge in [-0.3, -0.25) is 10.2 Å². The van der Waals surface area contributed by atoms with Gasteiger partial charge >= 0.3 is 0 Å². The second kappa shape index (κ2) is 7.49. The number of allylic oxidation sites excluding steroid dienone is 1. The van der Waals surface area contributed by atoms with E-state index in [9.17, 15) is 10.1 Å². The van der Waals surface area contributed by atoms with Gasteiger partial charge in [-0.1, -0.05) is 48.5 Å². The summed E-state index contributed by atoms with van der Waals surface area (Å²) in [7, 11) is 0. The number of carbonyl (C=O) groups is 1. The molecule has 0 bridgehead atoms. The SMILES string of the molecule is N#C/C(Cc1ccccc1)=C1/NC(=O)/C(=N/Nc2ccccc2)S1. The predicted molar refractivity (Wildman–Crippen MR) is 96.0 cm³/mol. The van der Waals surface area contributed by atoms with Gasteiger partial charge in [-0.15, -0.1) is 0 Å². The van der Waals surface area contributed by atoms with E-state index < -0.39 is 0 Å². The summed E-state index contributed by atoms with van der Waals surface area (Å²) >= 11 is 1.17. The van der Waals surface area contributed by atoms with Gasteiger partial charge < -0.3 is 5.32 Å². The van der Waals surface area contributed by atoms with E-state index in [-0.39, 0.29) is 11.0 Å². The molecule has 0 aliphatic carbocycles. The van der Waals surface area contributed by atoms with Crippen LogP contribution < -0.4 is 10.7 Å². The van der Waals surface area contributed by atoms with Crippen LogP contribution in [0.2, 0.25) is 0 Å². The summed E-state index contributed by atoms with van der Waals surface area (Å²) < 4.78 is 0. The summed E-state index contributed by atoms with van der Waals surface area (Å²) in [5, 5.41) is 17.1. The van der Waals surface area contributed by atoms with Crippen molar-refractivity contribution in [1.29, 1.82) is 5.26 Å². The normalized spacial score (nSPS) is 17.3. The van der Waals surface area contributed by atoms with Crippen LogP contribution in [0.25, 0.3) is 0 Å².